The molecule has 0 amide bonds. The van der Waals surface area contributed by atoms with Gasteiger partial charge in [0.1, 0.15) is 5.58 Å². The summed E-state index contributed by atoms with van der Waals surface area (Å²) < 4.78 is 6.10. The van der Waals surface area contributed by atoms with Crippen molar-refractivity contribution in [1.82, 2.24) is 0 Å². The molecule has 0 saturated carbocycles. The molecule has 0 N–H and O–H groups in total. The fourth-order valence-corrected chi connectivity index (χ4v) is 3.22. The van der Waals surface area contributed by atoms with Crippen LogP contribution in [0.15, 0.2) is 82.0 Å². The fourth-order valence-electron chi connectivity index (χ4n) is 3.22. The van der Waals surface area contributed by atoms with Crippen molar-refractivity contribution in [1.29, 1.82) is 0 Å². The molecule has 0 radical (unpaired) electrons. The topological polar surface area (TPSA) is 33.5 Å². The highest BCUT2D eigenvalue weighted by Gasteiger charge is 2.13. The van der Waals surface area contributed by atoms with Gasteiger partial charge in [0.25, 0.3) is 0 Å². The van der Waals surface area contributed by atoms with E-state index in [1.54, 1.807) is 6.07 Å². The minimum absolute atomic E-state index is 0.000406. The van der Waals surface area contributed by atoms with Gasteiger partial charge in [-0.15, -0.1) is 0 Å². The largest absolute Gasteiger partial charge is 0.440 e. The lowest BCUT2D eigenvalue weighted by Crippen LogP contribution is -2.23. The SMILES string of the molecule is CCN(Cc1ccccc1)c1cc(=O)c2c(ccc3ccccc32)o1. The van der Waals surface area contributed by atoms with Crippen LogP contribution in [0.25, 0.3) is 21.7 Å². The molecule has 3 aromatic carbocycles. The lowest BCUT2D eigenvalue weighted by Gasteiger charge is -2.21. The molecule has 0 atom stereocenters. The zero-order chi connectivity index (χ0) is 17.2. The minimum atomic E-state index is -0.000406. The summed E-state index contributed by atoms with van der Waals surface area (Å²) in [7, 11) is 0. The molecule has 0 aliphatic carbocycles. The Morgan fingerprint density at radius 1 is 0.920 bits per heavy atom. The summed E-state index contributed by atoms with van der Waals surface area (Å²) in [5, 5.41) is 2.63. The second-order valence-corrected chi connectivity index (χ2v) is 6.11. The van der Waals surface area contributed by atoms with Gasteiger partial charge in [-0.3, -0.25) is 4.79 Å². The van der Waals surface area contributed by atoms with Crippen molar-refractivity contribution in [2.24, 2.45) is 0 Å². The van der Waals surface area contributed by atoms with Gasteiger partial charge in [-0.1, -0.05) is 60.7 Å². The highest BCUT2D eigenvalue weighted by Crippen LogP contribution is 2.26. The third kappa shape index (κ3) is 2.89. The summed E-state index contributed by atoms with van der Waals surface area (Å²) in [6.45, 7) is 3.53. The molecule has 0 aliphatic rings. The summed E-state index contributed by atoms with van der Waals surface area (Å²) in [5.41, 5.74) is 1.82. The molecule has 0 unspecified atom stereocenters. The second-order valence-electron chi connectivity index (χ2n) is 6.11. The zero-order valence-electron chi connectivity index (χ0n) is 14.1. The van der Waals surface area contributed by atoms with E-state index in [9.17, 15) is 4.79 Å². The first-order valence-corrected chi connectivity index (χ1v) is 8.51. The van der Waals surface area contributed by atoms with Crippen LogP contribution in [-0.4, -0.2) is 6.54 Å². The van der Waals surface area contributed by atoms with Gasteiger partial charge in [0.15, 0.2) is 11.3 Å². The van der Waals surface area contributed by atoms with Crippen LogP contribution in [0.3, 0.4) is 0 Å². The number of rotatable bonds is 4. The van der Waals surface area contributed by atoms with Crippen molar-refractivity contribution >= 4 is 27.6 Å². The van der Waals surface area contributed by atoms with Crippen molar-refractivity contribution < 1.29 is 4.42 Å². The Bertz CT molecular complexity index is 1080. The van der Waals surface area contributed by atoms with Crippen LogP contribution in [0.2, 0.25) is 0 Å². The zero-order valence-corrected chi connectivity index (χ0v) is 14.1. The van der Waals surface area contributed by atoms with Crippen molar-refractivity contribution in [2.45, 2.75) is 13.5 Å². The maximum atomic E-state index is 12.8. The van der Waals surface area contributed by atoms with E-state index in [1.807, 2.05) is 54.6 Å². The van der Waals surface area contributed by atoms with Gasteiger partial charge >= 0.3 is 0 Å². The first-order chi connectivity index (χ1) is 12.3. The minimum Gasteiger partial charge on any atom is -0.440 e. The van der Waals surface area contributed by atoms with Crippen molar-refractivity contribution in [3.63, 3.8) is 0 Å². The summed E-state index contributed by atoms with van der Waals surface area (Å²) in [6, 6.07) is 23.6. The lowest BCUT2D eigenvalue weighted by atomic mass is 10.1. The highest BCUT2D eigenvalue weighted by molar-refractivity contribution is 6.05. The summed E-state index contributed by atoms with van der Waals surface area (Å²) in [4.78, 5) is 14.9. The Balaban J connectivity index is 1.82. The van der Waals surface area contributed by atoms with Gasteiger partial charge in [0.2, 0.25) is 0 Å². The normalized spacial score (nSPS) is 11.1. The molecule has 0 spiro atoms. The molecule has 1 heterocycles. The van der Waals surface area contributed by atoms with E-state index >= 15 is 0 Å². The third-order valence-electron chi connectivity index (χ3n) is 4.52. The number of benzene rings is 3. The Labute approximate surface area is 146 Å². The average Bonchev–Trinajstić information content (AvgIpc) is 2.66. The molecule has 3 heteroatoms. The first kappa shape index (κ1) is 15.5. The molecule has 0 saturated heterocycles. The van der Waals surface area contributed by atoms with Crippen LogP contribution >= 0.6 is 0 Å². The van der Waals surface area contributed by atoms with Crippen molar-refractivity contribution in [3.8, 4) is 0 Å². The van der Waals surface area contributed by atoms with E-state index in [1.165, 1.54) is 5.56 Å². The Hall–Kier alpha value is -3.07. The number of anilines is 1. The van der Waals surface area contributed by atoms with Crippen molar-refractivity contribution in [2.75, 3.05) is 11.4 Å². The van der Waals surface area contributed by atoms with Crippen LogP contribution < -0.4 is 10.3 Å². The quantitative estimate of drug-likeness (QED) is 0.496. The van der Waals surface area contributed by atoms with Gasteiger partial charge < -0.3 is 9.32 Å². The van der Waals surface area contributed by atoms with E-state index in [-0.39, 0.29) is 5.43 Å². The Morgan fingerprint density at radius 3 is 2.48 bits per heavy atom. The average molecular weight is 329 g/mol. The highest BCUT2D eigenvalue weighted by atomic mass is 16.4. The van der Waals surface area contributed by atoms with Crippen LogP contribution in [0.5, 0.6) is 0 Å². The molecule has 4 aromatic rings. The van der Waals surface area contributed by atoms with Gasteiger partial charge in [-0.2, -0.15) is 0 Å². The Morgan fingerprint density at radius 2 is 1.68 bits per heavy atom. The first-order valence-electron chi connectivity index (χ1n) is 8.51. The van der Waals surface area contributed by atoms with Crippen LogP contribution in [-0.2, 0) is 6.54 Å². The molecule has 0 aliphatic heterocycles. The van der Waals surface area contributed by atoms with Gasteiger partial charge in [0.05, 0.1) is 5.39 Å². The summed E-state index contributed by atoms with van der Waals surface area (Å²) >= 11 is 0. The Kier molecular flexibility index (Phi) is 3.98. The predicted octanol–water partition coefficient (Wildman–Crippen LogP) is 4.97. The van der Waals surface area contributed by atoms with E-state index in [4.69, 9.17) is 4.42 Å². The second kappa shape index (κ2) is 6.44. The predicted molar refractivity (Wildman–Crippen MR) is 103 cm³/mol. The van der Waals surface area contributed by atoms with Gasteiger partial charge in [-0.05, 0) is 29.3 Å². The maximum absolute atomic E-state index is 12.8. The van der Waals surface area contributed by atoms with Gasteiger partial charge in [-0.25, -0.2) is 0 Å². The van der Waals surface area contributed by atoms with Crippen molar-refractivity contribution in [3.05, 3.63) is 88.6 Å². The molecule has 0 fully saturated rings. The van der Waals surface area contributed by atoms with Crippen LogP contribution in [0.1, 0.15) is 12.5 Å². The number of nitrogens with zero attached hydrogens (tertiary/aromatic N) is 1. The van der Waals surface area contributed by atoms with Crippen LogP contribution in [0, 0.1) is 0 Å². The van der Waals surface area contributed by atoms with Gasteiger partial charge in [0, 0.05) is 19.2 Å². The molecular formula is C22H19NO2. The molecule has 3 nitrogen and oxygen atoms in total. The standard InChI is InChI=1S/C22H19NO2/c1-2-23(15-16-8-4-3-5-9-16)21-14-19(24)22-18-11-7-6-10-17(18)12-13-20(22)25-21/h3-14H,2,15H2,1H3. The molecule has 124 valence electrons. The monoisotopic (exact) mass is 329 g/mol. The summed E-state index contributed by atoms with van der Waals surface area (Å²) in [6.07, 6.45) is 0. The molecule has 4 rings (SSSR count). The number of hydrogen-bond donors (Lipinski definition) is 0. The number of hydrogen-bond acceptors (Lipinski definition) is 3. The van der Waals surface area contributed by atoms with E-state index in [2.05, 4.69) is 24.0 Å². The molecular weight excluding hydrogens is 310 g/mol. The maximum Gasteiger partial charge on any atom is 0.200 e. The fraction of sp³-hybridized carbons (Fsp3) is 0.136. The van der Waals surface area contributed by atoms with E-state index in [0.717, 1.165) is 17.3 Å². The smallest absolute Gasteiger partial charge is 0.200 e. The van der Waals surface area contributed by atoms with E-state index in [0.29, 0.717) is 23.4 Å². The third-order valence-corrected chi connectivity index (χ3v) is 4.52. The van der Waals surface area contributed by atoms with E-state index < -0.39 is 0 Å². The summed E-state index contributed by atoms with van der Waals surface area (Å²) in [5.74, 6) is 0.610. The molecule has 0 bridgehead atoms. The molecule has 1 aromatic heterocycles. The van der Waals surface area contributed by atoms with Crippen LogP contribution in [0.4, 0.5) is 5.88 Å². The lowest BCUT2D eigenvalue weighted by molar-refractivity contribution is 0.572. The number of fused-ring (bicyclic) bond motifs is 3. The molecule has 25 heavy (non-hydrogen) atoms.